The summed E-state index contributed by atoms with van der Waals surface area (Å²) in [4.78, 5) is 8.36. The Morgan fingerprint density at radius 2 is 1.76 bits per heavy atom. The summed E-state index contributed by atoms with van der Waals surface area (Å²) >= 11 is 0. The number of rotatable bonds is 3. The van der Waals surface area contributed by atoms with Gasteiger partial charge in [-0.25, -0.2) is 9.97 Å². The minimum absolute atomic E-state index is 0.836. The lowest BCUT2D eigenvalue weighted by Gasteiger charge is -2.09. The zero-order chi connectivity index (χ0) is 12.3. The smallest absolute Gasteiger partial charge is 0.136 e. The van der Waals surface area contributed by atoms with Gasteiger partial charge in [0.2, 0.25) is 0 Å². The van der Waals surface area contributed by atoms with Crippen LogP contribution in [0.4, 0.5) is 11.5 Å². The molecule has 0 saturated heterocycles. The fourth-order valence-electron chi connectivity index (χ4n) is 1.48. The van der Waals surface area contributed by atoms with E-state index in [1.807, 2.05) is 38.1 Å². The molecule has 1 aromatic heterocycles. The zero-order valence-electron chi connectivity index (χ0n) is 10.2. The van der Waals surface area contributed by atoms with Crippen LogP contribution in [0.1, 0.15) is 11.3 Å². The predicted octanol–water partition coefficient (Wildman–Crippen LogP) is 2.85. The molecule has 0 amide bonds. The van der Waals surface area contributed by atoms with Crippen molar-refractivity contribution in [2.45, 2.75) is 13.8 Å². The normalized spacial score (nSPS) is 10.1. The number of ether oxygens (including phenoxy) is 1. The van der Waals surface area contributed by atoms with Gasteiger partial charge in [-0.3, -0.25) is 0 Å². The lowest BCUT2D eigenvalue weighted by atomic mass is 10.2. The summed E-state index contributed by atoms with van der Waals surface area (Å²) in [6, 6.07) is 7.73. The van der Waals surface area contributed by atoms with Crippen LogP contribution in [0.15, 0.2) is 30.6 Å². The predicted molar refractivity (Wildman–Crippen MR) is 67.8 cm³/mol. The molecule has 0 aliphatic heterocycles. The average Bonchev–Trinajstić information content (AvgIpc) is 2.36. The number of benzene rings is 1. The quantitative estimate of drug-likeness (QED) is 0.879. The molecule has 0 aliphatic carbocycles. The van der Waals surface area contributed by atoms with E-state index in [9.17, 15) is 0 Å². The molecule has 0 aliphatic rings. The van der Waals surface area contributed by atoms with Gasteiger partial charge >= 0.3 is 0 Å². The topological polar surface area (TPSA) is 47.0 Å². The van der Waals surface area contributed by atoms with Gasteiger partial charge in [-0.1, -0.05) is 0 Å². The maximum atomic E-state index is 5.11. The van der Waals surface area contributed by atoms with Crippen molar-refractivity contribution in [3.63, 3.8) is 0 Å². The molecule has 0 bridgehead atoms. The van der Waals surface area contributed by atoms with Gasteiger partial charge in [-0.2, -0.15) is 0 Å². The molecular formula is C13H15N3O. The zero-order valence-corrected chi connectivity index (χ0v) is 10.2. The van der Waals surface area contributed by atoms with E-state index in [1.54, 1.807) is 13.4 Å². The second kappa shape index (κ2) is 4.82. The lowest BCUT2D eigenvalue weighted by molar-refractivity contribution is 0.415. The van der Waals surface area contributed by atoms with Crippen LogP contribution in [-0.2, 0) is 0 Å². The summed E-state index contributed by atoms with van der Waals surface area (Å²) in [5.41, 5.74) is 3.02. The third kappa shape index (κ3) is 2.53. The molecule has 0 unspecified atom stereocenters. The van der Waals surface area contributed by atoms with Crippen LogP contribution in [0.25, 0.3) is 0 Å². The van der Waals surface area contributed by atoms with Gasteiger partial charge in [0.05, 0.1) is 7.11 Å². The number of anilines is 2. The molecule has 0 atom stereocenters. The van der Waals surface area contributed by atoms with Crippen molar-refractivity contribution in [2.24, 2.45) is 0 Å². The van der Waals surface area contributed by atoms with Crippen LogP contribution in [0.3, 0.4) is 0 Å². The fourth-order valence-corrected chi connectivity index (χ4v) is 1.48. The van der Waals surface area contributed by atoms with Crippen molar-refractivity contribution in [1.82, 2.24) is 9.97 Å². The molecule has 2 rings (SSSR count). The molecule has 0 spiro atoms. The monoisotopic (exact) mass is 229 g/mol. The van der Waals surface area contributed by atoms with Gasteiger partial charge in [0.15, 0.2) is 0 Å². The minimum atomic E-state index is 0.836. The Hall–Kier alpha value is -2.10. The Kier molecular flexibility index (Phi) is 3.23. The third-order valence-corrected chi connectivity index (χ3v) is 2.69. The number of nitrogens with zero attached hydrogens (tertiary/aromatic N) is 2. The standard InChI is InChI=1S/C13H15N3O/c1-9-10(2)14-8-15-13(9)16-11-4-6-12(17-3)7-5-11/h4-8H,1-3H3,(H,14,15,16). The Morgan fingerprint density at radius 3 is 2.41 bits per heavy atom. The number of hydrogen-bond donors (Lipinski definition) is 1. The van der Waals surface area contributed by atoms with Crippen LogP contribution in [0.5, 0.6) is 5.75 Å². The van der Waals surface area contributed by atoms with E-state index in [2.05, 4.69) is 15.3 Å². The number of aryl methyl sites for hydroxylation is 1. The summed E-state index contributed by atoms with van der Waals surface area (Å²) in [6.07, 6.45) is 1.56. The Bertz CT molecular complexity index is 509. The molecule has 88 valence electrons. The van der Waals surface area contributed by atoms with Gasteiger partial charge in [-0.05, 0) is 38.1 Å². The van der Waals surface area contributed by atoms with Gasteiger partial charge in [0.25, 0.3) is 0 Å². The summed E-state index contributed by atoms with van der Waals surface area (Å²) in [5.74, 6) is 1.67. The molecule has 2 aromatic rings. The number of aromatic nitrogens is 2. The van der Waals surface area contributed by atoms with Crippen molar-refractivity contribution in [3.05, 3.63) is 41.9 Å². The SMILES string of the molecule is COc1ccc(Nc2ncnc(C)c2C)cc1. The first kappa shape index (κ1) is 11.4. The maximum Gasteiger partial charge on any atom is 0.136 e. The Morgan fingerprint density at radius 1 is 1.06 bits per heavy atom. The molecular weight excluding hydrogens is 214 g/mol. The van der Waals surface area contributed by atoms with Gasteiger partial charge in [-0.15, -0.1) is 0 Å². The highest BCUT2D eigenvalue weighted by Gasteiger charge is 2.03. The first-order chi connectivity index (χ1) is 8.20. The van der Waals surface area contributed by atoms with Crippen molar-refractivity contribution in [3.8, 4) is 5.75 Å². The molecule has 1 aromatic carbocycles. The molecule has 0 saturated carbocycles. The third-order valence-electron chi connectivity index (χ3n) is 2.69. The van der Waals surface area contributed by atoms with Crippen LogP contribution < -0.4 is 10.1 Å². The van der Waals surface area contributed by atoms with E-state index in [0.29, 0.717) is 0 Å². The highest BCUT2D eigenvalue weighted by Crippen LogP contribution is 2.21. The molecule has 0 fully saturated rings. The second-order valence-electron chi connectivity index (χ2n) is 3.79. The van der Waals surface area contributed by atoms with Crippen molar-refractivity contribution >= 4 is 11.5 Å². The van der Waals surface area contributed by atoms with E-state index in [0.717, 1.165) is 28.5 Å². The average molecular weight is 229 g/mol. The van der Waals surface area contributed by atoms with E-state index in [-0.39, 0.29) is 0 Å². The summed E-state index contributed by atoms with van der Waals surface area (Å²) in [6.45, 7) is 3.97. The number of methoxy groups -OCH3 is 1. The van der Waals surface area contributed by atoms with Gasteiger partial charge in [0, 0.05) is 16.9 Å². The van der Waals surface area contributed by atoms with Crippen molar-refractivity contribution < 1.29 is 4.74 Å². The first-order valence-electron chi connectivity index (χ1n) is 5.40. The number of hydrogen-bond acceptors (Lipinski definition) is 4. The van der Waals surface area contributed by atoms with Gasteiger partial charge in [0.1, 0.15) is 17.9 Å². The largest absolute Gasteiger partial charge is 0.497 e. The molecule has 1 N–H and O–H groups in total. The van der Waals surface area contributed by atoms with Crippen LogP contribution in [0, 0.1) is 13.8 Å². The van der Waals surface area contributed by atoms with Crippen molar-refractivity contribution in [1.29, 1.82) is 0 Å². The van der Waals surface area contributed by atoms with Gasteiger partial charge < -0.3 is 10.1 Å². The highest BCUT2D eigenvalue weighted by molar-refractivity contribution is 5.60. The fraction of sp³-hybridized carbons (Fsp3) is 0.231. The molecule has 0 radical (unpaired) electrons. The van der Waals surface area contributed by atoms with E-state index in [4.69, 9.17) is 4.74 Å². The molecule has 1 heterocycles. The first-order valence-corrected chi connectivity index (χ1v) is 5.40. The van der Waals surface area contributed by atoms with Crippen LogP contribution in [-0.4, -0.2) is 17.1 Å². The minimum Gasteiger partial charge on any atom is -0.497 e. The number of nitrogens with one attached hydrogen (secondary N) is 1. The van der Waals surface area contributed by atoms with Crippen molar-refractivity contribution in [2.75, 3.05) is 12.4 Å². The second-order valence-corrected chi connectivity index (χ2v) is 3.79. The van der Waals surface area contributed by atoms with Crippen LogP contribution in [0.2, 0.25) is 0 Å². The molecule has 17 heavy (non-hydrogen) atoms. The maximum absolute atomic E-state index is 5.11. The van der Waals surface area contributed by atoms with E-state index < -0.39 is 0 Å². The molecule has 4 nitrogen and oxygen atoms in total. The Labute approximate surface area is 101 Å². The highest BCUT2D eigenvalue weighted by atomic mass is 16.5. The van der Waals surface area contributed by atoms with E-state index in [1.165, 1.54) is 0 Å². The summed E-state index contributed by atoms with van der Waals surface area (Å²) < 4.78 is 5.11. The van der Waals surface area contributed by atoms with Crippen LogP contribution >= 0.6 is 0 Å². The molecule has 4 heteroatoms. The lowest BCUT2D eigenvalue weighted by Crippen LogP contribution is -1.99. The van der Waals surface area contributed by atoms with E-state index >= 15 is 0 Å². The Balaban J connectivity index is 2.22. The summed E-state index contributed by atoms with van der Waals surface area (Å²) in [5, 5.41) is 3.26. The summed E-state index contributed by atoms with van der Waals surface area (Å²) in [7, 11) is 1.65.